The molecule has 0 aliphatic carbocycles. The Kier molecular flexibility index (Phi) is 7.78. The minimum Gasteiger partial charge on any atom is -0.328 e. The Morgan fingerprint density at radius 2 is 0.762 bits per heavy atom. The minimum absolute atomic E-state index is 0.0867. The molecule has 12 heteroatoms. The molecule has 6 rings (SSSR count). The second kappa shape index (κ2) is 11.6. The highest BCUT2D eigenvalue weighted by molar-refractivity contribution is 8.76. The van der Waals surface area contributed by atoms with Crippen molar-refractivity contribution < 1.29 is 16.8 Å². The second-order valence-corrected chi connectivity index (χ2v) is 14.9. The van der Waals surface area contributed by atoms with E-state index in [0.717, 1.165) is 21.6 Å². The smallest absolute Gasteiger partial charge is 0.224 e. The Balaban J connectivity index is 1.43. The summed E-state index contributed by atoms with van der Waals surface area (Å²) in [6.45, 7) is 0. The Morgan fingerprint density at radius 3 is 1.10 bits per heavy atom. The van der Waals surface area contributed by atoms with Crippen molar-refractivity contribution in [2.45, 2.75) is 29.9 Å². The first-order valence-corrected chi connectivity index (χ1v) is 17.7. The zero-order valence-electron chi connectivity index (χ0n) is 21.7. The van der Waals surface area contributed by atoms with E-state index in [-0.39, 0.29) is 29.9 Å². The van der Waals surface area contributed by atoms with Crippen LogP contribution in [0.3, 0.4) is 0 Å². The molecule has 2 aromatic heterocycles. The lowest BCUT2D eigenvalue weighted by atomic mass is 10.2. The third-order valence-corrected chi connectivity index (χ3v) is 12.1. The van der Waals surface area contributed by atoms with Gasteiger partial charge >= 0.3 is 0 Å². The number of benzene rings is 4. The molecule has 0 unspecified atom stereocenters. The topological polar surface area (TPSA) is 126 Å². The molecule has 8 nitrogen and oxygen atoms in total. The Bertz CT molecular complexity index is 1900. The van der Waals surface area contributed by atoms with E-state index < -0.39 is 19.7 Å². The molecule has 0 saturated carbocycles. The molecule has 0 amide bonds. The van der Waals surface area contributed by atoms with Gasteiger partial charge in [0.2, 0.25) is 19.7 Å². The summed E-state index contributed by atoms with van der Waals surface area (Å²) in [6, 6.07) is 34.5. The molecule has 0 saturated heterocycles. The number of imidazole rings is 2. The fourth-order valence-electron chi connectivity index (χ4n) is 4.14. The monoisotopic (exact) mass is 630 g/mol. The van der Waals surface area contributed by atoms with Gasteiger partial charge in [-0.3, -0.25) is 0 Å². The Labute approximate surface area is 250 Å². The van der Waals surface area contributed by atoms with Crippen LogP contribution in [-0.4, -0.2) is 36.8 Å². The number of hydrogen-bond donors (Lipinski definition) is 2. The second-order valence-electron chi connectivity index (χ2n) is 8.97. The van der Waals surface area contributed by atoms with Gasteiger partial charge in [0, 0.05) is 11.1 Å². The highest BCUT2D eigenvalue weighted by atomic mass is 33.1. The number of nitrogens with zero attached hydrogens (tertiary/aromatic N) is 2. The molecular formula is C30H22N4O4S4. The van der Waals surface area contributed by atoms with Gasteiger partial charge in [0.25, 0.3) is 0 Å². The SMILES string of the molecule is O=S(=O)(c1ccccc1)c1[nH]c(-c2ccccc2)nc1SSc1nc(-c2ccccc2)[nH]c1S(=O)(=O)c1ccccc1. The molecule has 0 spiro atoms. The van der Waals surface area contributed by atoms with Gasteiger partial charge in [0.05, 0.1) is 9.79 Å². The zero-order chi connectivity index (χ0) is 29.2. The number of H-pyrrole nitrogens is 2. The molecule has 42 heavy (non-hydrogen) atoms. The predicted molar refractivity (Wildman–Crippen MR) is 164 cm³/mol. The number of nitrogens with one attached hydrogen (secondary N) is 2. The summed E-state index contributed by atoms with van der Waals surface area (Å²) in [5.74, 6) is 0.745. The van der Waals surface area contributed by atoms with Crippen LogP contribution in [0.5, 0.6) is 0 Å². The summed E-state index contributed by atoms with van der Waals surface area (Å²) < 4.78 is 54.8. The van der Waals surface area contributed by atoms with Crippen molar-refractivity contribution in [1.29, 1.82) is 0 Å². The molecule has 2 N–H and O–H groups in total. The van der Waals surface area contributed by atoms with E-state index in [0.29, 0.717) is 22.8 Å². The van der Waals surface area contributed by atoms with E-state index in [1.165, 1.54) is 24.3 Å². The molecule has 0 aliphatic heterocycles. The van der Waals surface area contributed by atoms with E-state index >= 15 is 0 Å². The van der Waals surface area contributed by atoms with Gasteiger partial charge < -0.3 is 9.97 Å². The maximum Gasteiger partial charge on any atom is 0.224 e. The molecule has 0 radical (unpaired) electrons. The van der Waals surface area contributed by atoms with Crippen molar-refractivity contribution in [2.24, 2.45) is 0 Å². The van der Waals surface area contributed by atoms with Crippen molar-refractivity contribution in [3.63, 3.8) is 0 Å². The molecule has 0 aliphatic rings. The van der Waals surface area contributed by atoms with Gasteiger partial charge in [-0.2, -0.15) is 0 Å². The van der Waals surface area contributed by atoms with Crippen LogP contribution in [0, 0.1) is 0 Å². The summed E-state index contributed by atoms with van der Waals surface area (Å²) in [6.07, 6.45) is 0. The summed E-state index contributed by atoms with van der Waals surface area (Å²) in [5, 5.41) is 0.178. The summed E-state index contributed by atoms with van der Waals surface area (Å²) in [4.78, 5) is 15.5. The summed E-state index contributed by atoms with van der Waals surface area (Å²) >= 11 is 0. The van der Waals surface area contributed by atoms with Gasteiger partial charge in [0.15, 0.2) is 10.1 Å². The largest absolute Gasteiger partial charge is 0.328 e. The summed E-state index contributed by atoms with van der Waals surface area (Å²) in [5.41, 5.74) is 1.41. The lowest BCUT2D eigenvalue weighted by molar-refractivity contribution is 0.588. The van der Waals surface area contributed by atoms with Crippen LogP contribution < -0.4 is 0 Å². The number of hydrogen-bond acceptors (Lipinski definition) is 8. The highest BCUT2D eigenvalue weighted by Crippen LogP contribution is 2.44. The van der Waals surface area contributed by atoms with E-state index in [9.17, 15) is 16.8 Å². The third-order valence-electron chi connectivity index (χ3n) is 6.22. The molecule has 0 fully saturated rings. The normalized spacial score (nSPS) is 11.9. The number of rotatable bonds is 9. The van der Waals surface area contributed by atoms with Crippen molar-refractivity contribution in [1.82, 2.24) is 19.9 Å². The number of sulfone groups is 2. The molecule has 4 aromatic carbocycles. The fraction of sp³-hybridized carbons (Fsp3) is 0. The third kappa shape index (κ3) is 5.53. The fourth-order valence-corrected chi connectivity index (χ4v) is 9.74. The maximum absolute atomic E-state index is 13.7. The average Bonchev–Trinajstić information content (AvgIpc) is 3.68. The van der Waals surface area contributed by atoms with Gasteiger partial charge in [-0.05, 0) is 45.9 Å². The molecule has 210 valence electrons. The molecule has 0 bridgehead atoms. The first-order chi connectivity index (χ1) is 20.3. The van der Waals surface area contributed by atoms with Crippen molar-refractivity contribution in [2.75, 3.05) is 0 Å². The van der Waals surface area contributed by atoms with Crippen LogP contribution in [-0.2, 0) is 19.7 Å². The Morgan fingerprint density at radius 1 is 0.452 bits per heavy atom. The zero-order valence-corrected chi connectivity index (χ0v) is 25.0. The van der Waals surface area contributed by atoms with Crippen molar-refractivity contribution >= 4 is 41.3 Å². The van der Waals surface area contributed by atoms with E-state index in [1.807, 2.05) is 60.7 Å². The first-order valence-electron chi connectivity index (χ1n) is 12.6. The lowest BCUT2D eigenvalue weighted by Crippen LogP contribution is -2.04. The standard InChI is InChI=1S/C30H22N4O4S4/c35-41(36,23-17-9-3-10-18-23)29-27(31-25(33-29)21-13-5-1-6-14-21)39-40-28-30(42(37,38)24-19-11-4-12-20-24)34-26(32-28)22-15-7-2-8-16-22/h1-20H,(H,31,33)(H,32,34). The maximum atomic E-state index is 13.7. The van der Waals surface area contributed by atoms with Gasteiger partial charge in [0.1, 0.15) is 21.7 Å². The van der Waals surface area contributed by atoms with Crippen LogP contribution in [0.1, 0.15) is 0 Å². The van der Waals surface area contributed by atoms with E-state index in [2.05, 4.69) is 19.9 Å². The van der Waals surface area contributed by atoms with E-state index in [4.69, 9.17) is 0 Å². The van der Waals surface area contributed by atoms with Gasteiger partial charge in [-0.25, -0.2) is 26.8 Å². The summed E-state index contributed by atoms with van der Waals surface area (Å²) in [7, 11) is -5.92. The van der Waals surface area contributed by atoms with Crippen molar-refractivity contribution in [3.05, 3.63) is 121 Å². The Hall–Kier alpha value is -4.10. The van der Waals surface area contributed by atoms with Crippen LogP contribution in [0.15, 0.2) is 151 Å². The van der Waals surface area contributed by atoms with Crippen LogP contribution in [0.25, 0.3) is 22.8 Å². The average molecular weight is 631 g/mol. The quantitative estimate of drug-likeness (QED) is 0.165. The number of aromatic amines is 2. The van der Waals surface area contributed by atoms with Crippen LogP contribution in [0.2, 0.25) is 0 Å². The van der Waals surface area contributed by atoms with Crippen LogP contribution in [0.4, 0.5) is 0 Å². The molecular weight excluding hydrogens is 609 g/mol. The molecule has 0 atom stereocenters. The van der Waals surface area contributed by atoms with E-state index in [1.54, 1.807) is 36.4 Å². The predicted octanol–water partition coefficient (Wildman–Crippen LogP) is 6.93. The van der Waals surface area contributed by atoms with Crippen LogP contribution >= 0.6 is 21.6 Å². The van der Waals surface area contributed by atoms with Gasteiger partial charge in [-0.15, -0.1) is 0 Å². The van der Waals surface area contributed by atoms with Crippen molar-refractivity contribution in [3.8, 4) is 22.8 Å². The van der Waals surface area contributed by atoms with Gasteiger partial charge in [-0.1, -0.05) is 97.1 Å². The minimum atomic E-state index is -3.98. The lowest BCUT2D eigenvalue weighted by Gasteiger charge is -2.06. The number of aromatic nitrogens is 4. The molecule has 2 heterocycles. The first kappa shape index (κ1) is 28.0. The molecule has 6 aromatic rings. The highest BCUT2D eigenvalue weighted by Gasteiger charge is 2.30.